The molecule has 1 unspecified atom stereocenters. The van der Waals surface area contributed by atoms with Gasteiger partial charge in [0.2, 0.25) is 15.9 Å². The normalized spacial score (nSPS) is 21.7. The molecular weight excluding hydrogens is 387 g/mol. The lowest BCUT2D eigenvalue weighted by Gasteiger charge is -2.13. The molecule has 1 amide bonds. The number of hydrogen-bond acceptors (Lipinski definition) is 4. The van der Waals surface area contributed by atoms with E-state index in [0.29, 0.717) is 17.9 Å². The van der Waals surface area contributed by atoms with Gasteiger partial charge >= 0.3 is 0 Å². The van der Waals surface area contributed by atoms with E-state index < -0.39 is 19.8 Å². The number of sulfonamides is 1. The monoisotopic (exact) mass is 402 g/mol. The van der Waals surface area contributed by atoms with E-state index in [4.69, 9.17) is 27.6 Å². The maximum absolute atomic E-state index is 12.4. The molecule has 1 atom stereocenters. The summed E-state index contributed by atoms with van der Waals surface area (Å²) in [5.74, 6) is 0.144. The number of nitrogens with one attached hydrogen (secondary N) is 2. The number of benzene rings is 1. The largest absolute Gasteiger partial charge is 0.468 e. The fraction of sp³-hybridized carbons (Fsp3) is 0.312. The number of furan rings is 1. The predicted molar refractivity (Wildman–Crippen MR) is 95.0 cm³/mol. The topological polar surface area (TPSA) is 88.4 Å². The number of halogens is 2. The first-order chi connectivity index (χ1) is 11.6. The summed E-state index contributed by atoms with van der Waals surface area (Å²) in [5.41, 5.74) is -0.536. The zero-order valence-corrected chi connectivity index (χ0v) is 15.6. The second kappa shape index (κ2) is 6.32. The number of rotatable bonds is 6. The standard InChI is InChI=1S/C16H16Cl2N2O4S/c1-15(10-16(15,17)18)14(21)20-11-4-2-6-13(8-11)25(22,23)19-9-12-5-3-7-24-12/h2-8,19H,9-10H2,1H3,(H,20,21). The third kappa shape index (κ3) is 3.69. The van der Waals surface area contributed by atoms with E-state index in [1.165, 1.54) is 18.4 Å². The molecule has 0 saturated heterocycles. The molecule has 2 N–H and O–H groups in total. The highest BCUT2D eigenvalue weighted by atomic mass is 35.5. The molecule has 2 aromatic rings. The van der Waals surface area contributed by atoms with Crippen molar-refractivity contribution in [3.8, 4) is 0 Å². The first-order valence-electron chi connectivity index (χ1n) is 7.45. The molecule has 0 radical (unpaired) electrons. The average molecular weight is 403 g/mol. The Morgan fingerprint density at radius 1 is 1.28 bits per heavy atom. The lowest BCUT2D eigenvalue weighted by atomic mass is 10.1. The van der Waals surface area contributed by atoms with Crippen molar-refractivity contribution in [1.82, 2.24) is 4.72 Å². The summed E-state index contributed by atoms with van der Waals surface area (Å²) < 4.78 is 31.2. The van der Waals surface area contributed by atoms with Gasteiger partial charge in [-0.1, -0.05) is 6.07 Å². The molecule has 0 spiro atoms. The number of carbonyl (C=O) groups is 1. The molecule has 1 aliphatic rings. The van der Waals surface area contributed by atoms with Gasteiger partial charge in [0.05, 0.1) is 23.1 Å². The lowest BCUT2D eigenvalue weighted by molar-refractivity contribution is -0.120. The molecule has 1 heterocycles. The number of amides is 1. The molecular formula is C16H16Cl2N2O4S. The zero-order valence-electron chi connectivity index (χ0n) is 13.3. The minimum Gasteiger partial charge on any atom is -0.468 e. The van der Waals surface area contributed by atoms with Crippen LogP contribution in [0.4, 0.5) is 5.69 Å². The second-order valence-corrected chi connectivity index (χ2v) is 9.35. The SMILES string of the molecule is CC1(C(=O)Nc2cccc(S(=O)(=O)NCc3ccco3)c2)CC1(Cl)Cl. The molecule has 1 aromatic carbocycles. The van der Waals surface area contributed by atoms with Crippen LogP contribution in [-0.4, -0.2) is 18.7 Å². The molecule has 0 aliphatic heterocycles. The van der Waals surface area contributed by atoms with Crippen LogP contribution in [-0.2, 0) is 21.4 Å². The quantitative estimate of drug-likeness (QED) is 0.725. The minimum atomic E-state index is -3.75. The van der Waals surface area contributed by atoms with Crippen molar-refractivity contribution < 1.29 is 17.6 Å². The van der Waals surface area contributed by atoms with Crippen LogP contribution in [0.15, 0.2) is 52.0 Å². The van der Waals surface area contributed by atoms with Crippen LogP contribution in [0.2, 0.25) is 0 Å². The Hall–Kier alpha value is -1.54. The van der Waals surface area contributed by atoms with E-state index in [0.717, 1.165) is 0 Å². The Morgan fingerprint density at radius 2 is 2.00 bits per heavy atom. The van der Waals surface area contributed by atoms with Crippen molar-refractivity contribution in [2.75, 3.05) is 5.32 Å². The van der Waals surface area contributed by atoms with Crippen molar-refractivity contribution in [2.24, 2.45) is 5.41 Å². The van der Waals surface area contributed by atoms with E-state index in [9.17, 15) is 13.2 Å². The summed E-state index contributed by atoms with van der Waals surface area (Å²) in [7, 11) is -3.75. The highest BCUT2D eigenvalue weighted by Gasteiger charge is 2.67. The van der Waals surface area contributed by atoms with E-state index >= 15 is 0 Å². The van der Waals surface area contributed by atoms with Gasteiger partial charge in [0.1, 0.15) is 10.1 Å². The second-order valence-electron chi connectivity index (χ2n) is 6.10. The Bertz CT molecular complexity index is 897. The number of anilines is 1. The molecule has 25 heavy (non-hydrogen) atoms. The maximum Gasteiger partial charge on any atom is 0.241 e. The zero-order chi connectivity index (χ0) is 18.3. The van der Waals surface area contributed by atoms with Gasteiger partial charge in [-0.25, -0.2) is 13.1 Å². The lowest BCUT2D eigenvalue weighted by Crippen LogP contribution is -2.26. The summed E-state index contributed by atoms with van der Waals surface area (Å²) in [5, 5.41) is 2.66. The van der Waals surface area contributed by atoms with E-state index in [2.05, 4.69) is 10.0 Å². The van der Waals surface area contributed by atoms with Gasteiger partial charge in [0.25, 0.3) is 0 Å². The van der Waals surface area contributed by atoms with Crippen LogP contribution in [0, 0.1) is 5.41 Å². The maximum atomic E-state index is 12.4. The van der Waals surface area contributed by atoms with E-state index in [-0.39, 0.29) is 17.3 Å². The van der Waals surface area contributed by atoms with Crippen LogP contribution < -0.4 is 10.0 Å². The molecule has 6 nitrogen and oxygen atoms in total. The van der Waals surface area contributed by atoms with Gasteiger partial charge in [0, 0.05) is 5.69 Å². The predicted octanol–water partition coefficient (Wildman–Crippen LogP) is 3.28. The van der Waals surface area contributed by atoms with Crippen molar-refractivity contribution in [3.05, 3.63) is 48.4 Å². The van der Waals surface area contributed by atoms with Crippen molar-refractivity contribution in [2.45, 2.75) is 29.1 Å². The average Bonchev–Trinajstić information content (AvgIpc) is 2.93. The van der Waals surface area contributed by atoms with Gasteiger partial charge in [-0.05, 0) is 43.7 Å². The molecule has 1 saturated carbocycles. The number of alkyl halides is 2. The smallest absolute Gasteiger partial charge is 0.241 e. The van der Waals surface area contributed by atoms with Crippen molar-refractivity contribution >= 4 is 44.8 Å². The summed E-state index contributed by atoms with van der Waals surface area (Å²) >= 11 is 12.0. The molecule has 9 heteroatoms. The van der Waals surface area contributed by atoms with Crippen molar-refractivity contribution in [1.29, 1.82) is 0 Å². The highest BCUT2D eigenvalue weighted by Crippen LogP contribution is 2.64. The van der Waals surface area contributed by atoms with E-state index in [1.54, 1.807) is 31.2 Å². The van der Waals surface area contributed by atoms with Gasteiger partial charge < -0.3 is 9.73 Å². The first kappa shape index (κ1) is 18.3. The number of hydrogen-bond donors (Lipinski definition) is 2. The summed E-state index contributed by atoms with van der Waals surface area (Å²) in [6.07, 6.45) is 1.81. The molecule has 1 fully saturated rings. The molecule has 3 rings (SSSR count). The molecule has 1 aliphatic carbocycles. The fourth-order valence-electron chi connectivity index (χ4n) is 2.32. The van der Waals surface area contributed by atoms with Crippen LogP contribution in [0.1, 0.15) is 19.1 Å². The van der Waals surface area contributed by atoms with Crippen LogP contribution in [0.3, 0.4) is 0 Å². The molecule has 134 valence electrons. The van der Waals surface area contributed by atoms with E-state index in [1.807, 2.05) is 0 Å². The van der Waals surface area contributed by atoms with Gasteiger partial charge in [0.15, 0.2) is 0 Å². The Morgan fingerprint density at radius 3 is 2.60 bits per heavy atom. The highest BCUT2D eigenvalue weighted by molar-refractivity contribution is 7.89. The Kier molecular flexibility index (Phi) is 4.61. The summed E-state index contributed by atoms with van der Waals surface area (Å²) in [6.45, 7) is 1.69. The molecule has 0 bridgehead atoms. The fourth-order valence-corrected chi connectivity index (χ4v) is 4.06. The third-order valence-electron chi connectivity index (χ3n) is 4.18. The third-order valence-corrected chi connectivity index (χ3v) is 6.68. The van der Waals surface area contributed by atoms with Crippen molar-refractivity contribution in [3.63, 3.8) is 0 Å². The van der Waals surface area contributed by atoms with Gasteiger partial charge in [-0.2, -0.15) is 0 Å². The Balaban J connectivity index is 1.71. The van der Waals surface area contributed by atoms with Gasteiger partial charge in [-0.15, -0.1) is 23.2 Å². The minimum absolute atomic E-state index is 0.0285. The number of carbonyl (C=O) groups excluding carboxylic acids is 1. The Labute approximate surface area is 155 Å². The molecule has 1 aromatic heterocycles. The summed E-state index contributed by atoms with van der Waals surface area (Å²) in [6, 6.07) is 9.29. The van der Waals surface area contributed by atoms with Crippen LogP contribution >= 0.6 is 23.2 Å². The van der Waals surface area contributed by atoms with Crippen LogP contribution in [0.5, 0.6) is 0 Å². The van der Waals surface area contributed by atoms with Crippen LogP contribution in [0.25, 0.3) is 0 Å². The first-order valence-corrected chi connectivity index (χ1v) is 9.69. The summed E-state index contributed by atoms with van der Waals surface area (Å²) in [4.78, 5) is 12.3. The van der Waals surface area contributed by atoms with Gasteiger partial charge in [-0.3, -0.25) is 4.79 Å².